The molecule has 0 spiro atoms. The lowest BCUT2D eigenvalue weighted by molar-refractivity contribution is 0.452. The fourth-order valence-corrected chi connectivity index (χ4v) is 4.41. The van der Waals surface area contributed by atoms with Crippen LogP contribution in [0.15, 0.2) is 60.7 Å². The van der Waals surface area contributed by atoms with Crippen LogP contribution in [-0.2, 0) is 16.6 Å². The maximum atomic E-state index is 12.6. The van der Waals surface area contributed by atoms with Gasteiger partial charge in [-0.2, -0.15) is 17.4 Å². The van der Waals surface area contributed by atoms with Crippen LogP contribution in [0, 0.1) is 0 Å². The van der Waals surface area contributed by atoms with Crippen molar-refractivity contribution in [2.75, 3.05) is 13.1 Å². The Hall–Kier alpha value is -1.69. The molecule has 2 aromatic carbocycles. The van der Waals surface area contributed by atoms with Crippen molar-refractivity contribution in [3.63, 3.8) is 0 Å². The first-order chi connectivity index (χ1) is 11.1. The van der Waals surface area contributed by atoms with Gasteiger partial charge in [0.2, 0.25) is 0 Å². The number of nitrogens with one attached hydrogen (secondary N) is 1. The first kappa shape index (κ1) is 16.2. The fraction of sp³-hybridized carbons (Fsp3) is 0.333. The lowest BCUT2D eigenvalue weighted by Gasteiger charge is -2.23. The van der Waals surface area contributed by atoms with Crippen LogP contribution in [0.2, 0.25) is 0 Å². The second kappa shape index (κ2) is 7.25. The van der Waals surface area contributed by atoms with E-state index in [-0.39, 0.29) is 6.04 Å². The smallest absolute Gasteiger partial charge is 0.195 e. The quantitative estimate of drug-likeness (QED) is 0.885. The Kier molecular flexibility index (Phi) is 5.10. The van der Waals surface area contributed by atoms with Gasteiger partial charge in [0, 0.05) is 13.1 Å². The van der Waals surface area contributed by atoms with Gasteiger partial charge in [-0.25, -0.2) is 0 Å². The van der Waals surface area contributed by atoms with Gasteiger partial charge in [0.25, 0.3) is 10.2 Å². The third-order valence-corrected chi connectivity index (χ3v) is 5.81. The predicted octanol–water partition coefficient (Wildman–Crippen LogP) is 2.90. The summed E-state index contributed by atoms with van der Waals surface area (Å²) in [5, 5.41) is 0. The molecule has 122 valence electrons. The van der Waals surface area contributed by atoms with E-state index in [1.165, 1.54) is 0 Å². The summed E-state index contributed by atoms with van der Waals surface area (Å²) in [6.07, 6.45) is 2.52. The summed E-state index contributed by atoms with van der Waals surface area (Å²) >= 11 is 0. The summed E-state index contributed by atoms with van der Waals surface area (Å²) in [7, 11) is -3.44. The molecule has 5 heteroatoms. The van der Waals surface area contributed by atoms with E-state index in [1.807, 2.05) is 60.7 Å². The van der Waals surface area contributed by atoms with Gasteiger partial charge in [-0.15, -0.1) is 0 Å². The summed E-state index contributed by atoms with van der Waals surface area (Å²) in [6, 6.07) is 19.5. The van der Waals surface area contributed by atoms with Crippen molar-refractivity contribution in [1.29, 1.82) is 0 Å². The molecule has 1 aliphatic heterocycles. The Labute approximate surface area is 138 Å². The Bertz CT molecular complexity index is 711. The number of rotatable bonds is 6. The molecule has 0 amide bonds. The predicted molar refractivity (Wildman–Crippen MR) is 92.2 cm³/mol. The van der Waals surface area contributed by atoms with E-state index < -0.39 is 10.2 Å². The maximum absolute atomic E-state index is 12.6. The molecule has 1 heterocycles. The molecule has 23 heavy (non-hydrogen) atoms. The molecular formula is C18H22N2O2S. The van der Waals surface area contributed by atoms with Crippen LogP contribution in [0.1, 0.15) is 30.0 Å². The highest BCUT2D eigenvalue weighted by molar-refractivity contribution is 7.87. The zero-order valence-corrected chi connectivity index (χ0v) is 13.9. The molecule has 4 nitrogen and oxygen atoms in total. The number of benzene rings is 2. The van der Waals surface area contributed by atoms with Gasteiger partial charge in [0.05, 0.1) is 6.04 Å². The molecule has 1 atom stereocenters. The molecule has 1 saturated heterocycles. The first-order valence-electron chi connectivity index (χ1n) is 8.01. The molecule has 1 unspecified atom stereocenters. The molecule has 2 aromatic rings. The van der Waals surface area contributed by atoms with E-state index in [2.05, 4.69) is 4.72 Å². The summed E-state index contributed by atoms with van der Waals surface area (Å²) in [5.74, 6) is 0. The first-order valence-corrected chi connectivity index (χ1v) is 9.45. The highest BCUT2D eigenvalue weighted by atomic mass is 32.2. The molecule has 0 saturated carbocycles. The van der Waals surface area contributed by atoms with Crippen LogP contribution in [0.4, 0.5) is 0 Å². The SMILES string of the molecule is O=S(=O)(NC(Cc1ccccc1)c1ccccc1)N1CCCC1. The third-order valence-electron chi connectivity index (χ3n) is 4.18. The Morgan fingerprint density at radius 3 is 2.09 bits per heavy atom. The molecule has 1 N–H and O–H groups in total. The number of nitrogens with zero attached hydrogens (tertiary/aromatic N) is 1. The van der Waals surface area contributed by atoms with E-state index in [0.29, 0.717) is 19.5 Å². The van der Waals surface area contributed by atoms with E-state index in [4.69, 9.17) is 0 Å². The summed E-state index contributed by atoms with van der Waals surface area (Å²) < 4.78 is 29.7. The number of hydrogen-bond acceptors (Lipinski definition) is 2. The van der Waals surface area contributed by atoms with Crippen molar-refractivity contribution in [1.82, 2.24) is 9.03 Å². The van der Waals surface area contributed by atoms with E-state index in [0.717, 1.165) is 24.0 Å². The second-order valence-corrected chi connectivity index (χ2v) is 7.58. The lowest BCUT2D eigenvalue weighted by atomic mass is 10.00. The van der Waals surface area contributed by atoms with Gasteiger partial charge in [-0.1, -0.05) is 60.7 Å². The van der Waals surface area contributed by atoms with Crippen molar-refractivity contribution < 1.29 is 8.42 Å². The molecule has 0 aliphatic carbocycles. The van der Waals surface area contributed by atoms with Crippen LogP contribution in [-0.4, -0.2) is 25.8 Å². The van der Waals surface area contributed by atoms with E-state index in [9.17, 15) is 8.42 Å². The molecule has 0 radical (unpaired) electrons. The topological polar surface area (TPSA) is 49.4 Å². The monoisotopic (exact) mass is 330 g/mol. The average Bonchev–Trinajstić information content (AvgIpc) is 3.11. The minimum Gasteiger partial charge on any atom is -0.195 e. The zero-order valence-electron chi connectivity index (χ0n) is 13.1. The molecule has 0 aromatic heterocycles. The second-order valence-electron chi connectivity index (χ2n) is 5.88. The summed E-state index contributed by atoms with van der Waals surface area (Å²) in [5.41, 5.74) is 2.10. The molecular weight excluding hydrogens is 308 g/mol. The van der Waals surface area contributed by atoms with E-state index in [1.54, 1.807) is 4.31 Å². The number of hydrogen-bond donors (Lipinski definition) is 1. The Morgan fingerprint density at radius 2 is 1.48 bits per heavy atom. The van der Waals surface area contributed by atoms with Gasteiger partial charge in [0.15, 0.2) is 0 Å². The van der Waals surface area contributed by atoms with Gasteiger partial charge < -0.3 is 0 Å². The minimum atomic E-state index is -3.44. The van der Waals surface area contributed by atoms with Gasteiger partial charge in [-0.05, 0) is 30.4 Å². The van der Waals surface area contributed by atoms with Crippen LogP contribution in [0.25, 0.3) is 0 Å². The third kappa shape index (κ3) is 4.19. The van der Waals surface area contributed by atoms with Gasteiger partial charge in [-0.3, -0.25) is 0 Å². The average molecular weight is 330 g/mol. The van der Waals surface area contributed by atoms with Crippen molar-refractivity contribution in [3.05, 3.63) is 71.8 Å². The van der Waals surface area contributed by atoms with E-state index >= 15 is 0 Å². The normalized spacial score (nSPS) is 17.2. The van der Waals surface area contributed by atoms with Crippen molar-refractivity contribution in [2.45, 2.75) is 25.3 Å². The molecule has 0 bridgehead atoms. The summed E-state index contributed by atoms with van der Waals surface area (Å²) in [4.78, 5) is 0. The standard InChI is InChI=1S/C18H22N2O2S/c21-23(22,20-13-7-8-14-20)19-18(17-11-5-2-6-12-17)15-16-9-3-1-4-10-16/h1-6,9-12,18-19H,7-8,13-15H2. The zero-order chi connectivity index (χ0) is 16.1. The van der Waals surface area contributed by atoms with Crippen molar-refractivity contribution >= 4 is 10.2 Å². The summed E-state index contributed by atoms with van der Waals surface area (Å²) in [6.45, 7) is 1.23. The lowest BCUT2D eigenvalue weighted by Crippen LogP contribution is -2.41. The Balaban J connectivity index is 1.83. The molecule has 1 fully saturated rings. The highest BCUT2D eigenvalue weighted by Gasteiger charge is 2.28. The Morgan fingerprint density at radius 1 is 0.913 bits per heavy atom. The van der Waals surface area contributed by atoms with Crippen LogP contribution in [0.5, 0.6) is 0 Å². The minimum absolute atomic E-state index is 0.260. The highest BCUT2D eigenvalue weighted by Crippen LogP contribution is 2.21. The van der Waals surface area contributed by atoms with Crippen LogP contribution in [0.3, 0.4) is 0 Å². The van der Waals surface area contributed by atoms with Crippen LogP contribution >= 0.6 is 0 Å². The largest absolute Gasteiger partial charge is 0.280 e. The fourth-order valence-electron chi connectivity index (χ4n) is 2.95. The van der Waals surface area contributed by atoms with Gasteiger partial charge >= 0.3 is 0 Å². The molecule has 3 rings (SSSR count). The molecule has 1 aliphatic rings. The van der Waals surface area contributed by atoms with Gasteiger partial charge in [0.1, 0.15) is 0 Å². The van der Waals surface area contributed by atoms with Crippen LogP contribution < -0.4 is 4.72 Å². The van der Waals surface area contributed by atoms with Crippen molar-refractivity contribution in [2.24, 2.45) is 0 Å². The van der Waals surface area contributed by atoms with Crippen molar-refractivity contribution in [3.8, 4) is 0 Å². The maximum Gasteiger partial charge on any atom is 0.280 e.